The smallest absolute Gasteiger partial charge is 0.147 e. The quantitative estimate of drug-likeness (QED) is 0.648. The number of rotatable bonds is 9. The lowest BCUT2D eigenvalue weighted by molar-refractivity contribution is -0.162. The highest BCUT2D eigenvalue weighted by molar-refractivity contribution is 5.26. The summed E-state index contributed by atoms with van der Waals surface area (Å²) < 4.78 is 48.5. The highest BCUT2D eigenvalue weighted by atomic mass is 19.1. The molecule has 0 bridgehead atoms. The van der Waals surface area contributed by atoms with Crippen LogP contribution in [0.5, 0.6) is 0 Å². The van der Waals surface area contributed by atoms with Crippen LogP contribution in [0, 0.1) is 11.6 Å². The van der Waals surface area contributed by atoms with E-state index in [1.165, 1.54) is 38.5 Å². The minimum Gasteiger partial charge on any atom is -0.359 e. The summed E-state index contributed by atoms with van der Waals surface area (Å²) in [6.45, 7) is -0.0489. The van der Waals surface area contributed by atoms with Crippen LogP contribution in [-0.4, -0.2) is 27.8 Å². The maximum Gasteiger partial charge on any atom is 0.147 e. The summed E-state index contributed by atoms with van der Waals surface area (Å²) in [7, 11) is 2.96. The number of hydrogen-bond donors (Lipinski definition) is 0. The van der Waals surface area contributed by atoms with Crippen LogP contribution >= 0.6 is 0 Å². The Morgan fingerprint density at radius 2 is 1.17 bits per heavy atom. The third-order valence-electron chi connectivity index (χ3n) is 3.36. The summed E-state index contributed by atoms with van der Waals surface area (Å²) in [5, 5.41) is 0. The standard InChI is InChI=1S/C18H20F2O4/c1-21-11-23-17(13-5-3-7-15(19)9-13)18(24-12-22-2)14-6-4-8-16(20)10-14/h3-10,17-18H,11-12H2,1-2H3/t17-,18-/m1/s1. The molecule has 0 saturated heterocycles. The summed E-state index contributed by atoms with van der Waals surface area (Å²) in [5.74, 6) is -0.800. The van der Waals surface area contributed by atoms with Crippen LogP contribution in [0.4, 0.5) is 8.78 Å². The SMILES string of the molecule is COCO[C@H](c1cccc(F)c1)[C@H](OCOC)c1cccc(F)c1. The molecule has 0 aromatic heterocycles. The van der Waals surface area contributed by atoms with Crippen molar-refractivity contribution < 1.29 is 27.7 Å². The molecule has 0 spiro atoms. The predicted molar refractivity (Wildman–Crippen MR) is 84.2 cm³/mol. The minimum atomic E-state index is -0.697. The summed E-state index contributed by atoms with van der Waals surface area (Å²) >= 11 is 0. The van der Waals surface area contributed by atoms with E-state index < -0.39 is 23.8 Å². The van der Waals surface area contributed by atoms with Gasteiger partial charge in [0, 0.05) is 14.2 Å². The third kappa shape index (κ3) is 5.07. The molecule has 0 N–H and O–H groups in total. The first-order valence-electron chi connectivity index (χ1n) is 7.37. The molecule has 4 nitrogen and oxygen atoms in total. The number of halogens is 2. The monoisotopic (exact) mass is 338 g/mol. The number of hydrogen-bond acceptors (Lipinski definition) is 4. The van der Waals surface area contributed by atoms with E-state index in [2.05, 4.69) is 0 Å². The molecule has 0 fully saturated rings. The first-order chi connectivity index (χ1) is 11.7. The van der Waals surface area contributed by atoms with E-state index in [1.54, 1.807) is 24.3 Å². The molecule has 0 aliphatic rings. The Morgan fingerprint density at radius 3 is 1.50 bits per heavy atom. The molecule has 0 aliphatic heterocycles. The number of ether oxygens (including phenoxy) is 4. The van der Waals surface area contributed by atoms with E-state index in [-0.39, 0.29) is 13.6 Å². The third-order valence-corrected chi connectivity index (χ3v) is 3.36. The van der Waals surface area contributed by atoms with Crippen molar-refractivity contribution in [2.75, 3.05) is 27.8 Å². The van der Waals surface area contributed by atoms with E-state index in [4.69, 9.17) is 18.9 Å². The Kier molecular flexibility index (Phi) is 7.27. The van der Waals surface area contributed by atoms with Crippen LogP contribution in [0.3, 0.4) is 0 Å². The molecule has 0 unspecified atom stereocenters. The van der Waals surface area contributed by atoms with Crippen LogP contribution < -0.4 is 0 Å². The van der Waals surface area contributed by atoms with Gasteiger partial charge in [0.25, 0.3) is 0 Å². The van der Waals surface area contributed by atoms with Crippen LogP contribution in [0.1, 0.15) is 23.3 Å². The van der Waals surface area contributed by atoms with Crippen molar-refractivity contribution in [1.82, 2.24) is 0 Å². The zero-order valence-corrected chi connectivity index (χ0v) is 13.6. The topological polar surface area (TPSA) is 36.9 Å². The Bertz CT molecular complexity index is 580. The van der Waals surface area contributed by atoms with Crippen LogP contribution in [0.25, 0.3) is 0 Å². The lowest BCUT2D eigenvalue weighted by Gasteiger charge is -2.28. The molecule has 0 radical (unpaired) electrons. The first kappa shape index (κ1) is 18.5. The van der Waals surface area contributed by atoms with Gasteiger partial charge in [0.15, 0.2) is 0 Å². The Balaban J connectivity index is 2.39. The van der Waals surface area contributed by atoms with Crippen molar-refractivity contribution in [2.24, 2.45) is 0 Å². The maximum atomic E-state index is 13.6. The predicted octanol–water partition coefficient (Wildman–Crippen LogP) is 3.99. The van der Waals surface area contributed by atoms with Crippen molar-refractivity contribution in [3.63, 3.8) is 0 Å². The number of methoxy groups -OCH3 is 2. The zero-order valence-electron chi connectivity index (χ0n) is 13.6. The van der Waals surface area contributed by atoms with Gasteiger partial charge >= 0.3 is 0 Å². The lowest BCUT2D eigenvalue weighted by atomic mass is 9.97. The van der Waals surface area contributed by atoms with Gasteiger partial charge in [-0.2, -0.15) is 0 Å². The molecule has 0 aliphatic carbocycles. The minimum absolute atomic E-state index is 0.0245. The second-order valence-electron chi connectivity index (χ2n) is 5.10. The summed E-state index contributed by atoms with van der Waals surface area (Å²) in [6.07, 6.45) is -1.39. The van der Waals surface area contributed by atoms with Crippen molar-refractivity contribution >= 4 is 0 Å². The molecule has 130 valence electrons. The van der Waals surface area contributed by atoms with E-state index in [0.717, 1.165) is 0 Å². The highest BCUT2D eigenvalue weighted by Gasteiger charge is 2.27. The molecular weight excluding hydrogens is 318 g/mol. The average molecular weight is 338 g/mol. The van der Waals surface area contributed by atoms with Gasteiger partial charge in [-0.3, -0.25) is 0 Å². The van der Waals surface area contributed by atoms with Crippen molar-refractivity contribution in [3.8, 4) is 0 Å². The fraction of sp³-hybridized carbons (Fsp3) is 0.333. The molecular formula is C18H20F2O4. The molecule has 2 atom stereocenters. The van der Waals surface area contributed by atoms with Gasteiger partial charge in [-0.05, 0) is 35.4 Å². The van der Waals surface area contributed by atoms with Crippen molar-refractivity contribution in [1.29, 1.82) is 0 Å². The second kappa shape index (κ2) is 9.44. The highest BCUT2D eigenvalue weighted by Crippen LogP contribution is 2.35. The van der Waals surface area contributed by atoms with E-state index >= 15 is 0 Å². The van der Waals surface area contributed by atoms with Crippen molar-refractivity contribution in [3.05, 3.63) is 71.3 Å². The van der Waals surface area contributed by atoms with Gasteiger partial charge in [0.05, 0.1) is 0 Å². The van der Waals surface area contributed by atoms with Gasteiger partial charge in [-0.25, -0.2) is 8.78 Å². The molecule has 6 heteroatoms. The molecule has 0 saturated carbocycles. The van der Waals surface area contributed by atoms with E-state index in [0.29, 0.717) is 11.1 Å². The Morgan fingerprint density at radius 1 is 0.750 bits per heavy atom. The number of benzene rings is 2. The lowest BCUT2D eigenvalue weighted by Crippen LogP contribution is -2.20. The first-order valence-corrected chi connectivity index (χ1v) is 7.37. The maximum absolute atomic E-state index is 13.6. The normalized spacial score (nSPS) is 13.7. The molecule has 0 heterocycles. The molecule has 24 heavy (non-hydrogen) atoms. The van der Waals surface area contributed by atoms with Crippen molar-refractivity contribution in [2.45, 2.75) is 12.2 Å². The summed E-state index contributed by atoms with van der Waals surface area (Å²) in [6, 6.07) is 12.0. The molecule has 2 aromatic rings. The Hall–Kier alpha value is -1.86. The van der Waals surface area contributed by atoms with Gasteiger partial charge in [0.1, 0.15) is 37.4 Å². The molecule has 0 amide bonds. The molecule has 2 aromatic carbocycles. The van der Waals surface area contributed by atoms with Crippen LogP contribution in [0.2, 0.25) is 0 Å². The average Bonchev–Trinajstić information content (AvgIpc) is 2.58. The summed E-state index contributed by atoms with van der Waals surface area (Å²) in [4.78, 5) is 0. The fourth-order valence-electron chi connectivity index (χ4n) is 2.37. The summed E-state index contributed by atoms with van der Waals surface area (Å²) in [5.41, 5.74) is 1.11. The van der Waals surface area contributed by atoms with Crippen LogP contribution in [-0.2, 0) is 18.9 Å². The van der Waals surface area contributed by atoms with Crippen LogP contribution in [0.15, 0.2) is 48.5 Å². The second-order valence-corrected chi connectivity index (χ2v) is 5.10. The molecule has 2 rings (SSSR count). The van der Waals surface area contributed by atoms with Gasteiger partial charge in [-0.1, -0.05) is 24.3 Å². The van der Waals surface area contributed by atoms with Gasteiger partial charge < -0.3 is 18.9 Å². The van der Waals surface area contributed by atoms with E-state index in [9.17, 15) is 8.78 Å². The van der Waals surface area contributed by atoms with Gasteiger partial charge in [0.2, 0.25) is 0 Å². The zero-order chi connectivity index (χ0) is 17.4. The van der Waals surface area contributed by atoms with E-state index in [1.807, 2.05) is 0 Å². The Labute approximate surface area is 139 Å². The van der Waals surface area contributed by atoms with Gasteiger partial charge in [-0.15, -0.1) is 0 Å². The largest absolute Gasteiger partial charge is 0.359 e. The fourth-order valence-corrected chi connectivity index (χ4v) is 2.37.